The van der Waals surface area contributed by atoms with Crippen molar-refractivity contribution >= 4 is 0 Å². The number of ether oxygens (including phenoxy) is 1. The SMILES string of the molecule is N[C@@H]1CC[C@@H]1OC1CCCCC1. The van der Waals surface area contributed by atoms with Crippen molar-refractivity contribution in [2.45, 2.75) is 63.2 Å². The summed E-state index contributed by atoms with van der Waals surface area (Å²) in [6.45, 7) is 0. The van der Waals surface area contributed by atoms with Crippen LogP contribution in [0.5, 0.6) is 0 Å². The van der Waals surface area contributed by atoms with E-state index in [1.165, 1.54) is 38.5 Å². The first-order valence-corrected chi connectivity index (χ1v) is 5.27. The van der Waals surface area contributed by atoms with Crippen LogP contribution in [0.25, 0.3) is 0 Å². The lowest BCUT2D eigenvalue weighted by molar-refractivity contribution is -0.0758. The van der Waals surface area contributed by atoms with E-state index in [4.69, 9.17) is 10.5 Å². The van der Waals surface area contributed by atoms with Gasteiger partial charge in [0.25, 0.3) is 0 Å². The Hall–Kier alpha value is -0.0800. The van der Waals surface area contributed by atoms with Crippen molar-refractivity contribution in [3.63, 3.8) is 0 Å². The van der Waals surface area contributed by atoms with Gasteiger partial charge in [0.1, 0.15) is 0 Å². The summed E-state index contributed by atoms with van der Waals surface area (Å²) in [4.78, 5) is 0. The van der Waals surface area contributed by atoms with Gasteiger partial charge in [-0.25, -0.2) is 0 Å². The average molecular weight is 169 g/mol. The summed E-state index contributed by atoms with van der Waals surface area (Å²) in [6.07, 6.45) is 9.93. The molecule has 0 aromatic heterocycles. The molecule has 0 amide bonds. The quantitative estimate of drug-likeness (QED) is 0.684. The highest BCUT2D eigenvalue weighted by Crippen LogP contribution is 2.28. The molecular formula is C10H19NO. The first kappa shape index (κ1) is 8.52. The van der Waals surface area contributed by atoms with Gasteiger partial charge in [-0.1, -0.05) is 19.3 Å². The molecule has 0 aromatic rings. The highest BCUT2D eigenvalue weighted by molar-refractivity contribution is 4.86. The summed E-state index contributed by atoms with van der Waals surface area (Å²) in [5.41, 5.74) is 5.81. The average Bonchev–Trinajstić information content (AvgIpc) is 2.14. The first-order chi connectivity index (χ1) is 5.86. The van der Waals surface area contributed by atoms with Crippen molar-refractivity contribution in [3.8, 4) is 0 Å². The Morgan fingerprint density at radius 2 is 1.67 bits per heavy atom. The van der Waals surface area contributed by atoms with Crippen molar-refractivity contribution in [3.05, 3.63) is 0 Å². The Bertz CT molecular complexity index is 143. The van der Waals surface area contributed by atoms with E-state index in [-0.39, 0.29) is 0 Å². The summed E-state index contributed by atoms with van der Waals surface area (Å²) in [5.74, 6) is 0. The van der Waals surface area contributed by atoms with Gasteiger partial charge >= 0.3 is 0 Å². The second kappa shape index (κ2) is 3.75. The molecule has 0 bridgehead atoms. The van der Waals surface area contributed by atoms with Gasteiger partial charge in [0, 0.05) is 6.04 Å². The van der Waals surface area contributed by atoms with Crippen LogP contribution in [0, 0.1) is 0 Å². The van der Waals surface area contributed by atoms with Crippen LogP contribution >= 0.6 is 0 Å². The minimum absolute atomic E-state index is 0.340. The molecule has 0 unspecified atom stereocenters. The molecule has 0 aliphatic heterocycles. The zero-order valence-corrected chi connectivity index (χ0v) is 7.67. The molecule has 2 N–H and O–H groups in total. The maximum absolute atomic E-state index is 5.91. The van der Waals surface area contributed by atoms with E-state index in [1.807, 2.05) is 0 Å². The molecule has 2 saturated carbocycles. The van der Waals surface area contributed by atoms with E-state index in [0.29, 0.717) is 18.2 Å². The molecule has 70 valence electrons. The Labute approximate surface area is 74.5 Å². The van der Waals surface area contributed by atoms with Gasteiger partial charge in [0.15, 0.2) is 0 Å². The molecule has 2 rings (SSSR count). The van der Waals surface area contributed by atoms with E-state index >= 15 is 0 Å². The van der Waals surface area contributed by atoms with E-state index in [1.54, 1.807) is 0 Å². The van der Waals surface area contributed by atoms with Gasteiger partial charge < -0.3 is 10.5 Å². The number of hydrogen-bond acceptors (Lipinski definition) is 2. The van der Waals surface area contributed by atoms with Crippen LogP contribution in [0.2, 0.25) is 0 Å². The summed E-state index contributed by atoms with van der Waals surface area (Å²) in [6, 6.07) is 0.340. The highest BCUT2D eigenvalue weighted by atomic mass is 16.5. The van der Waals surface area contributed by atoms with E-state index in [9.17, 15) is 0 Å². The summed E-state index contributed by atoms with van der Waals surface area (Å²) in [7, 11) is 0. The monoisotopic (exact) mass is 169 g/mol. The molecule has 0 saturated heterocycles. The van der Waals surface area contributed by atoms with E-state index < -0.39 is 0 Å². The molecule has 2 fully saturated rings. The third kappa shape index (κ3) is 1.80. The largest absolute Gasteiger partial charge is 0.373 e. The molecule has 2 heteroatoms. The highest BCUT2D eigenvalue weighted by Gasteiger charge is 2.30. The normalized spacial score (nSPS) is 37.8. The lowest BCUT2D eigenvalue weighted by atomic mass is 9.89. The predicted molar refractivity (Wildman–Crippen MR) is 49.0 cm³/mol. The Morgan fingerprint density at radius 1 is 0.917 bits per heavy atom. The van der Waals surface area contributed by atoms with Gasteiger partial charge in [-0.3, -0.25) is 0 Å². The lowest BCUT2D eigenvalue weighted by Crippen LogP contribution is -2.47. The van der Waals surface area contributed by atoms with Crippen LogP contribution in [-0.2, 0) is 4.74 Å². The van der Waals surface area contributed by atoms with Crippen LogP contribution in [0.4, 0.5) is 0 Å². The van der Waals surface area contributed by atoms with Crippen molar-refractivity contribution < 1.29 is 4.74 Å². The molecule has 2 aliphatic carbocycles. The van der Waals surface area contributed by atoms with Crippen molar-refractivity contribution in [2.24, 2.45) is 5.73 Å². The molecular weight excluding hydrogens is 150 g/mol. The molecule has 12 heavy (non-hydrogen) atoms. The van der Waals surface area contributed by atoms with Crippen LogP contribution in [0.3, 0.4) is 0 Å². The summed E-state index contributed by atoms with van der Waals surface area (Å²) >= 11 is 0. The third-order valence-corrected chi connectivity index (χ3v) is 3.18. The van der Waals surface area contributed by atoms with E-state index in [0.717, 1.165) is 6.42 Å². The van der Waals surface area contributed by atoms with Crippen LogP contribution < -0.4 is 5.73 Å². The number of nitrogens with two attached hydrogens (primary N) is 1. The Balaban J connectivity index is 1.70. The predicted octanol–water partition coefficient (Wildman–Crippen LogP) is 1.83. The lowest BCUT2D eigenvalue weighted by Gasteiger charge is -2.37. The molecule has 2 aliphatic rings. The maximum Gasteiger partial charge on any atom is 0.0730 e. The van der Waals surface area contributed by atoms with Crippen LogP contribution in [0.15, 0.2) is 0 Å². The summed E-state index contributed by atoms with van der Waals surface area (Å²) in [5, 5.41) is 0. The number of hydrogen-bond donors (Lipinski definition) is 1. The number of rotatable bonds is 2. The second-order valence-corrected chi connectivity index (χ2v) is 4.18. The zero-order valence-electron chi connectivity index (χ0n) is 7.67. The minimum atomic E-state index is 0.340. The van der Waals surface area contributed by atoms with Crippen molar-refractivity contribution in [1.82, 2.24) is 0 Å². The molecule has 0 heterocycles. The van der Waals surface area contributed by atoms with Gasteiger partial charge in [-0.15, -0.1) is 0 Å². The van der Waals surface area contributed by atoms with Crippen LogP contribution in [0.1, 0.15) is 44.9 Å². The molecule has 0 spiro atoms. The fourth-order valence-corrected chi connectivity index (χ4v) is 2.11. The van der Waals surface area contributed by atoms with Gasteiger partial charge in [-0.05, 0) is 25.7 Å². The van der Waals surface area contributed by atoms with Crippen LogP contribution in [-0.4, -0.2) is 18.2 Å². The molecule has 2 nitrogen and oxygen atoms in total. The van der Waals surface area contributed by atoms with Gasteiger partial charge in [-0.2, -0.15) is 0 Å². The van der Waals surface area contributed by atoms with E-state index in [2.05, 4.69) is 0 Å². The molecule has 0 aromatic carbocycles. The Kier molecular flexibility index (Phi) is 2.66. The second-order valence-electron chi connectivity index (χ2n) is 4.18. The fourth-order valence-electron chi connectivity index (χ4n) is 2.11. The van der Waals surface area contributed by atoms with Gasteiger partial charge in [0.05, 0.1) is 12.2 Å². The fraction of sp³-hybridized carbons (Fsp3) is 1.00. The first-order valence-electron chi connectivity index (χ1n) is 5.27. The third-order valence-electron chi connectivity index (χ3n) is 3.18. The topological polar surface area (TPSA) is 35.2 Å². The zero-order chi connectivity index (χ0) is 8.39. The van der Waals surface area contributed by atoms with Crippen molar-refractivity contribution in [1.29, 1.82) is 0 Å². The molecule has 2 atom stereocenters. The maximum atomic E-state index is 5.91. The molecule has 0 radical (unpaired) electrons. The minimum Gasteiger partial charge on any atom is -0.373 e. The Morgan fingerprint density at radius 3 is 2.17 bits per heavy atom. The van der Waals surface area contributed by atoms with Gasteiger partial charge in [0.2, 0.25) is 0 Å². The summed E-state index contributed by atoms with van der Waals surface area (Å²) < 4.78 is 5.91. The smallest absolute Gasteiger partial charge is 0.0730 e. The standard InChI is InChI=1S/C10H19NO/c11-9-6-7-10(9)12-8-4-2-1-3-5-8/h8-10H,1-7,11H2/t9-,10+/m1/s1. The van der Waals surface area contributed by atoms with Crippen molar-refractivity contribution in [2.75, 3.05) is 0 Å².